The van der Waals surface area contributed by atoms with Crippen LogP contribution in [-0.2, 0) is 9.53 Å². The minimum absolute atomic E-state index is 0.00726. The van der Waals surface area contributed by atoms with Gasteiger partial charge in [0, 0.05) is 32.3 Å². The van der Waals surface area contributed by atoms with Gasteiger partial charge >= 0.3 is 0 Å². The normalized spacial score (nSPS) is 26.2. The Morgan fingerprint density at radius 1 is 1.25 bits per heavy atom. The van der Waals surface area contributed by atoms with E-state index in [0.717, 1.165) is 43.1 Å². The van der Waals surface area contributed by atoms with E-state index in [1.165, 1.54) is 0 Å². The second-order valence-electron chi connectivity index (χ2n) is 8.39. The molecule has 5 rings (SSSR count). The number of nitrogens with one attached hydrogen (secondary N) is 1. The number of nitrogens with zero attached hydrogens (tertiary/aromatic N) is 3. The van der Waals surface area contributed by atoms with Gasteiger partial charge in [-0.25, -0.2) is 4.98 Å². The molecule has 2 atom stereocenters. The van der Waals surface area contributed by atoms with E-state index in [1.807, 2.05) is 28.0 Å². The molecular weight excluding hydrogens is 356 g/mol. The Bertz CT molecular complexity index is 917. The van der Waals surface area contributed by atoms with Gasteiger partial charge in [-0.15, -0.1) is 0 Å². The number of carbonyl (C=O) groups excluding carboxylic acids is 2. The van der Waals surface area contributed by atoms with Crippen molar-refractivity contribution in [1.29, 1.82) is 0 Å². The molecule has 1 spiro atoms. The highest BCUT2D eigenvalue weighted by atomic mass is 16.5. The molecule has 3 aliphatic rings. The molecule has 7 nitrogen and oxygen atoms in total. The summed E-state index contributed by atoms with van der Waals surface area (Å²) in [6.07, 6.45) is 6.62. The van der Waals surface area contributed by atoms with Crippen LogP contribution in [0.15, 0.2) is 24.5 Å². The zero-order chi connectivity index (χ0) is 19.3. The summed E-state index contributed by atoms with van der Waals surface area (Å²) in [5.41, 5.74) is 2.21. The van der Waals surface area contributed by atoms with Gasteiger partial charge in [-0.1, -0.05) is 0 Å². The molecule has 2 amide bonds. The van der Waals surface area contributed by atoms with Crippen LogP contribution in [0.4, 0.5) is 0 Å². The molecule has 28 heavy (non-hydrogen) atoms. The standard InChI is InChI=1S/C21H26N4O3/c1-28-18-6-4-15(18)20(27)24-9-10-25(21(12-24)7-2-8-21)19(26)14-3-5-16-17(11-14)23-13-22-16/h3,5,11,13,15,18H,2,4,6-10,12H2,1H3,(H,22,23)/t15-,18-/m1/s1. The van der Waals surface area contributed by atoms with Crippen LogP contribution >= 0.6 is 0 Å². The Morgan fingerprint density at radius 3 is 2.79 bits per heavy atom. The number of hydrogen-bond acceptors (Lipinski definition) is 4. The summed E-state index contributed by atoms with van der Waals surface area (Å²) >= 11 is 0. The zero-order valence-corrected chi connectivity index (χ0v) is 16.2. The molecule has 1 aromatic heterocycles. The van der Waals surface area contributed by atoms with E-state index in [9.17, 15) is 9.59 Å². The van der Waals surface area contributed by atoms with Gasteiger partial charge in [0.1, 0.15) is 0 Å². The first-order chi connectivity index (χ1) is 13.6. The third-order valence-electron chi connectivity index (χ3n) is 6.99. The van der Waals surface area contributed by atoms with Gasteiger partial charge in [-0.2, -0.15) is 0 Å². The number of piperazine rings is 1. The Morgan fingerprint density at radius 2 is 2.11 bits per heavy atom. The van der Waals surface area contributed by atoms with E-state index >= 15 is 0 Å². The number of rotatable bonds is 3. The molecule has 0 bridgehead atoms. The number of aromatic amines is 1. The van der Waals surface area contributed by atoms with Crippen LogP contribution in [0, 0.1) is 5.92 Å². The van der Waals surface area contributed by atoms with Crippen molar-refractivity contribution >= 4 is 22.8 Å². The monoisotopic (exact) mass is 382 g/mol. The number of imidazole rings is 1. The van der Waals surface area contributed by atoms with Crippen molar-refractivity contribution in [2.75, 3.05) is 26.7 Å². The molecule has 1 aromatic carbocycles. The van der Waals surface area contributed by atoms with Gasteiger partial charge in [0.05, 0.1) is 34.9 Å². The van der Waals surface area contributed by atoms with Crippen LogP contribution in [0.3, 0.4) is 0 Å². The number of methoxy groups -OCH3 is 1. The predicted octanol–water partition coefficient (Wildman–Crippen LogP) is 2.19. The summed E-state index contributed by atoms with van der Waals surface area (Å²) in [6.45, 7) is 1.85. The summed E-state index contributed by atoms with van der Waals surface area (Å²) in [4.78, 5) is 37.6. The largest absolute Gasteiger partial charge is 0.381 e. The number of amides is 2. The van der Waals surface area contributed by atoms with Crippen molar-refractivity contribution < 1.29 is 14.3 Å². The number of fused-ring (bicyclic) bond motifs is 1. The first-order valence-corrected chi connectivity index (χ1v) is 10.2. The smallest absolute Gasteiger partial charge is 0.254 e. The van der Waals surface area contributed by atoms with Crippen molar-refractivity contribution in [3.63, 3.8) is 0 Å². The van der Waals surface area contributed by atoms with Crippen LogP contribution in [-0.4, -0.2) is 70.0 Å². The first kappa shape index (κ1) is 17.7. The highest BCUT2D eigenvalue weighted by Gasteiger charge is 2.51. The fourth-order valence-electron chi connectivity index (χ4n) is 4.99. The Labute approximate surface area is 164 Å². The Kier molecular flexibility index (Phi) is 4.16. The van der Waals surface area contributed by atoms with Crippen LogP contribution in [0.25, 0.3) is 11.0 Å². The number of hydrogen-bond donors (Lipinski definition) is 1. The van der Waals surface area contributed by atoms with Crippen LogP contribution in [0.1, 0.15) is 42.5 Å². The molecule has 3 fully saturated rings. The fraction of sp³-hybridized carbons (Fsp3) is 0.571. The summed E-state index contributed by atoms with van der Waals surface area (Å²) in [7, 11) is 1.69. The van der Waals surface area contributed by atoms with Gasteiger partial charge in [0.15, 0.2) is 0 Å². The van der Waals surface area contributed by atoms with Crippen LogP contribution in [0.5, 0.6) is 0 Å². The lowest BCUT2D eigenvalue weighted by atomic mass is 9.72. The van der Waals surface area contributed by atoms with E-state index in [-0.39, 0.29) is 29.4 Å². The summed E-state index contributed by atoms with van der Waals surface area (Å²) in [6, 6.07) is 5.62. The molecule has 7 heteroatoms. The van der Waals surface area contributed by atoms with Gasteiger partial charge in [-0.05, 0) is 50.3 Å². The van der Waals surface area contributed by atoms with E-state index in [1.54, 1.807) is 13.4 Å². The maximum atomic E-state index is 13.3. The van der Waals surface area contributed by atoms with Gasteiger partial charge in [0.2, 0.25) is 5.91 Å². The molecular formula is C21H26N4O3. The summed E-state index contributed by atoms with van der Waals surface area (Å²) < 4.78 is 5.43. The number of ether oxygens (including phenoxy) is 1. The second-order valence-corrected chi connectivity index (χ2v) is 8.39. The SMILES string of the molecule is CO[C@@H]1CC[C@H]1C(=O)N1CCN(C(=O)c2ccc3nc[nH]c3c2)C2(CCC2)C1. The molecule has 2 saturated carbocycles. The van der Waals surface area contributed by atoms with Crippen molar-refractivity contribution in [3.8, 4) is 0 Å². The molecule has 2 heterocycles. The van der Waals surface area contributed by atoms with Gasteiger partial charge in [0.25, 0.3) is 5.91 Å². The number of H-pyrrole nitrogens is 1. The topological polar surface area (TPSA) is 78.5 Å². The molecule has 0 radical (unpaired) electrons. The van der Waals surface area contributed by atoms with E-state index in [4.69, 9.17) is 4.74 Å². The third kappa shape index (κ3) is 2.64. The molecule has 0 unspecified atom stereocenters. The van der Waals surface area contributed by atoms with E-state index in [2.05, 4.69) is 9.97 Å². The molecule has 2 aromatic rings. The number of carbonyl (C=O) groups is 2. The number of benzene rings is 1. The zero-order valence-electron chi connectivity index (χ0n) is 16.2. The van der Waals surface area contributed by atoms with Crippen LogP contribution in [0.2, 0.25) is 0 Å². The highest BCUT2D eigenvalue weighted by Crippen LogP contribution is 2.42. The van der Waals surface area contributed by atoms with Crippen LogP contribution < -0.4 is 0 Å². The molecule has 1 N–H and O–H groups in total. The van der Waals surface area contributed by atoms with Crippen molar-refractivity contribution in [1.82, 2.24) is 19.8 Å². The average Bonchev–Trinajstić information content (AvgIpc) is 3.13. The molecule has 1 aliphatic heterocycles. The second kappa shape index (κ2) is 6.58. The first-order valence-electron chi connectivity index (χ1n) is 10.2. The van der Waals surface area contributed by atoms with Crippen molar-refractivity contribution in [2.45, 2.75) is 43.7 Å². The maximum Gasteiger partial charge on any atom is 0.254 e. The Balaban J connectivity index is 1.35. The molecule has 148 valence electrons. The maximum absolute atomic E-state index is 13.3. The lowest BCUT2D eigenvalue weighted by Crippen LogP contribution is -2.68. The van der Waals surface area contributed by atoms with Gasteiger partial charge < -0.3 is 19.5 Å². The fourth-order valence-corrected chi connectivity index (χ4v) is 4.99. The van der Waals surface area contributed by atoms with E-state index < -0.39 is 0 Å². The average molecular weight is 382 g/mol. The lowest BCUT2D eigenvalue weighted by molar-refractivity contribution is -0.154. The highest BCUT2D eigenvalue weighted by molar-refractivity contribution is 5.98. The quantitative estimate of drug-likeness (QED) is 0.883. The lowest BCUT2D eigenvalue weighted by Gasteiger charge is -2.56. The Hall–Kier alpha value is -2.41. The number of aromatic nitrogens is 2. The van der Waals surface area contributed by atoms with Crippen molar-refractivity contribution in [2.24, 2.45) is 5.92 Å². The van der Waals surface area contributed by atoms with Crippen molar-refractivity contribution in [3.05, 3.63) is 30.1 Å². The predicted molar refractivity (Wildman–Crippen MR) is 104 cm³/mol. The third-order valence-corrected chi connectivity index (χ3v) is 6.99. The summed E-state index contributed by atoms with van der Waals surface area (Å²) in [5, 5.41) is 0. The molecule has 2 aliphatic carbocycles. The minimum atomic E-state index is -0.208. The van der Waals surface area contributed by atoms with Gasteiger partial charge in [-0.3, -0.25) is 9.59 Å². The summed E-state index contributed by atoms with van der Waals surface area (Å²) in [5.74, 6) is 0.254. The van der Waals surface area contributed by atoms with E-state index in [0.29, 0.717) is 25.2 Å². The molecule has 1 saturated heterocycles. The minimum Gasteiger partial charge on any atom is -0.381 e.